The van der Waals surface area contributed by atoms with Crippen LogP contribution >= 0.6 is 0 Å². The lowest BCUT2D eigenvalue weighted by Gasteiger charge is -2.54. The average molecular weight is 882 g/mol. The Labute approximate surface area is 396 Å². The molecule has 3 aromatic carbocycles. The first-order chi connectivity index (χ1) is 31.6. The summed E-state index contributed by atoms with van der Waals surface area (Å²) in [4.78, 5) is 2.43. The lowest BCUT2D eigenvalue weighted by molar-refractivity contribution is -0.202. The van der Waals surface area contributed by atoms with E-state index in [-0.39, 0.29) is 18.3 Å². The van der Waals surface area contributed by atoms with E-state index >= 15 is 0 Å². The highest BCUT2D eigenvalue weighted by Gasteiger charge is 2.57. The molecule has 0 fully saturated rings. The van der Waals surface area contributed by atoms with E-state index in [0.29, 0.717) is 19.8 Å². The molecule has 0 saturated heterocycles. The number of hydrogen-bond acceptors (Lipinski definition) is 4. The summed E-state index contributed by atoms with van der Waals surface area (Å²) in [7, 11) is 4.50. The van der Waals surface area contributed by atoms with Gasteiger partial charge < -0.3 is 14.2 Å². The molecule has 4 heteroatoms. The van der Waals surface area contributed by atoms with Crippen molar-refractivity contribution in [1.82, 2.24) is 4.90 Å². The van der Waals surface area contributed by atoms with E-state index in [2.05, 4.69) is 131 Å². The lowest BCUT2D eigenvalue weighted by atomic mass is 9.72. The van der Waals surface area contributed by atoms with Crippen LogP contribution in [-0.4, -0.2) is 44.4 Å². The predicted octanol–water partition coefficient (Wildman–Crippen LogP) is 18.3. The third-order valence-corrected chi connectivity index (χ3v) is 13.7. The largest absolute Gasteiger partial charge is 0.371 e. The minimum absolute atomic E-state index is 0.321. The fourth-order valence-electron chi connectivity index (χ4n) is 9.86. The Bertz CT molecular complexity index is 1260. The van der Waals surface area contributed by atoms with Gasteiger partial charge in [-0.15, -0.1) is 0 Å². The molecular weight excluding hydrogens is 783 g/mol. The van der Waals surface area contributed by atoms with Crippen molar-refractivity contribution in [3.8, 4) is 0 Å². The van der Waals surface area contributed by atoms with Crippen molar-refractivity contribution in [2.75, 3.05) is 33.9 Å². The van der Waals surface area contributed by atoms with Gasteiger partial charge in [0.25, 0.3) is 0 Å². The topological polar surface area (TPSA) is 30.9 Å². The zero-order valence-electron chi connectivity index (χ0n) is 42.4. The van der Waals surface area contributed by atoms with Crippen molar-refractivity contribution < 1.29 is 14.2 Å². The predicted molar refractivity (Wildman–Crippen MR) is 277 cm³/mol. The molecule has 362 valence electrons. The van der Waals surface area contributed by atoms with Gasteiger partial charge in [0.15, 0.2) is 0 Å². The molecule has 0 spiro atoms. The van der Waals surface area contributed by atoms with E-state index < -0.39 is 5.54 Å². The quantitative estimate of drug-likeness (QED) is 0.0530. The van der Waals surface area contributed by atoms with Crippen molar-refractivity contribution in [3.63, 3.8) is 0 Å². The third kappa shape index (κ3) is 21.9. The fourth-order valence-corrected chi connectivity index (χ4v) is 9.86. The van der Waals surface area contributed by atoms with Crippen molar-refractivity contribution in [2.45, 2.75) is 237 Å². The molecule has 3 unspecified atom stereocenters. The molecule has 0 saturated carbocycles. The maximum Gasteiger partial charge on any atom is 0.112 e. The van der Waals surface area contributed by atoms with Gasteiger partial charge in [-0.25, -0.2) is 0 Å². The van der Waals surface area contributed by atoms with E-state index in [1.807, 2.05) is 0 Å². The van der Waals surface area contributed by atoms with Crippen LogP contribution in [0, 0.1) is 0 Å². The normalized spacial score (nSPS) is 14.2. The second kappa shape index (κ2) is 37.6. The lowest BCUT2D eigenvalue weighted by Crippen LogP contribution is -2.60. The van der Waals surface area contributed by atoms with E-state index in [1.165, 1.54) is 190 Å². The van der Waals surface area contributed by atoms with Crippen LogP contribution in [-0.2, 0) is 14.2 Å². The first kappa shape index (κ1) is 55.8. The van der Waals surface area contributed by atoms with Gasteiger partial charge in [-0.1, -0.05) is 285 Å². The van der Waals surface area contributed by atoms with Crippen LogP contribution in [0.25, 0.3) is 0 Å². The van der Waals surface area contributed by atoms with Crippen molar-refractivity contribution in [3.05, 3.63) is 108 Å². The van der Waals surface area contributed by atoms with E-state index in [0.717, 1.165) is 19.3 Å². The van der Waals surface area contributed by atoms with Gasteiger partial charge in [0.05, 0.1) is 0 Å². The first-order valence-electron chi connectivity index (χ1n) is 27.3. The molecule has 0 heterocycles. The zero-order valence-corrected chi connectivity index (χ0v) is 42.4. The highest BCUT2D eigenvalue weighted by Crippen LogP contribution is 2.53. The minimum Gasteiger partial charge on any atom is -0.371 e. The number of ether oxygens (including phenoxy) is 3. The Morgan fingerprint density at radius 3 is 0.719 bits per heavy atom. The number of hydrogen-bond donors (Lipinski definition) is 0. The third-order valence-electron chi connectivity index (χ3n) is 13.7. The molecule has 3 aromatic rings. The number of unbranched alkanes of at least 4 members (excludes halogenated alkanes) is 27. The van der Waals surface area contributed by atoms with Crippen LogP contribution in [0.2, 0.25) is 0 Å². The van der Waals surface area contributed by atoms with Crippen molar-refractivity contribution in [1.29, 1.82) is 0 Å². The standard InChI is InChI=1S/C60H99NO3/c1-6-9-12-15-18-21-24-27-30-42-51-62-57(54-45-36-33-37-46-54)60(61(4)5,58(55-47-38-34-39-48-55)63-52-43-31-28-25-22-19-16-13-10-7-2)59(56-49-40-35-41-50-56)64-53-44-32-29-26-23-20-17-14-11-8-3/h33-41,45-50,57-59H,6-32,42-44,51-53H2,1-5H3. The van der Waals surface area contributed by atoms with Crippen LogP contribution in [0.3, 0.4) is 0 Å². The minimum atomic E-state index is -0.750. The SMILES string of the molecule is CCCCCCCCCCCCOC(c1ccccc1)C(C(OCCCCCCCCCCCC)c1ccccc1)(C(OCCCCCCCCCCCC)c1ccccc1)N(C)C. The molecule has 0 aliphatic carbocycles. The molecule has 0 aromatic heterocycles. The molecule has 4 nitrogen and oxygen atoms in total. The fraction of sp³-hybridized carbons (Fsp3) is 0.700. The van der Waals surface area contributed by atoms with E-state index in [4.69, 9.17) is 14.2 Å². The van der Waals surface area contributed by atoms with Gasteiger partial charge in [-0.2, -0.15) is 0 Å². The van der Waals surface area contributed by atoms with Gasteiger partial charge in [-0.05, 0) is 50.0 Å². The molecule has 3 rings (SSSR count). The molecule has 0 aliphatic rings. The molecule has 3 atom stereocenters. The first-order valence-corrected chi connectivity index (χ1v) is 27.3. The number of rotatable bonds is 43. The Morgan fingerprint density at radius 1 is 0.312 bits per heavy atom. The van der Waals surface area contributed by atoms with E-state index in [1.54, 1.807) is 0 Å². The molecule has 0 N–H and O–H groups in total. The van der Waals surface area contributed by atoms with Gasteiger partial charge >= 0.3 is 0 Å². The highest BCUT2D eigenvalue weighted by molar-refractivity contribution is 5.34. The monoisotopic (exact) mass is 882 g/mol. The maximum atomic E-state index is 7.44. The van der Waals surface area contributed by atoms with Crippen LogP contribution < -0.4 is 0 Å². The molecule has 0 aliphatic heterocycles. The summed E-state index contributed by atoms with van der Waals surface area (Å²) in [6.45, 7) is 9.00. The highest BCUT2D eigenvalue weighted by atomic mass is 16.5. The molecule has 0 radical (unpaired) electrons. The second-order valence-corrected chi connectivity index (χ2v) is 19.3. The van der Waals surface area contributed by atoms with Crippen LogP contribution in [0.15, 0.2) is 91.0 Å². The van der Waals surface area contributed by atoms with Crippen molar-refractivity contribution in [2.24, 2.45) is 0 Å². The summed E-state index contributed by atoms with van der Waals surface area (Å²) in [5, 5.41) is 0. The molecule has 64 heavy (non-hydrogen) atoms. The number of nitrogens with zero attached hydrogens (tertiary/aromatic N) is 1. The number of benzene rings is 3. The van der Waals surface area contributed by atoms with E-state index in [9.17, 15) is 0 Å². The Kier molecular flexibility index (Phi) is 32.8. The summed E-state index contributed by atoms with van der Waals surface area (Å²) < 4.78 is 22.3. The van der Waals surface area contributed by atoms with Gasteiger partial charge in [0.2, 0.25) is 0 Å². The summed E-state index contributed by atoms with van der Waals surface area (Å²) >= 11 is 0. The zero-order chi connectivity index (χ0) is 45.6. The molecular formula is C60H99NO3. The average Bonchev–Trinajstić information content (AvgIpc) is 3.32. The second-order valence-electron chi connectivity index (χ2n) is 19.3. The van der Waals surface area contributed by atoms with Gasteiger partial charge in [0.1, 0.15) is 23.9 Å². The molecule has 0 bridgehead atoms. The smallest absolute Gasteiger partial charge is 0.112 e. The van der Waals surface area contributed by atoms with Crippen molar-refractivity contribution >= 4 is 0 Å². The Hall–Kier alpha value is -2.50. The summed E-state index contributed by atoms with van der Waals surface area (Å²) in [5.74, 6) is 0. The van der Waals surface area contributed by atoms with Crippen LogP contribution in [0.4, 0.5) is 0 Å². The van der Waals surface area contributed by atoms with Gasteiger partial charge in [0, 0.05) is 19.8 Å². The summed E-state index contributed by atoms with van der Waals surface area (Å²) in [5.41, 5.74) is 2.78. The molecule has 0 amide bonds. The summed E-state index contributed by atoms with van der Waals surface area (Å²) in [6, 6.07) is 33.1. The maximum absolute atomic E-state index is 7.44. The number of likely N-dealkylation sites (N-methyl/N-ethyl adjacent to an activating group) is 1. The van der Waals surface area contributed by atoms with Crippen LogP contribution in [0.5, 0.6) is 0 Å². The van der Waals surface area contributed by atoms with Crippen LogP contribution in [0.1, 0.15) is 248 Å². The van der Waals surface area contributed by atoms with Gasteiger partial charge in [-0.3, -0.25) is 4.90 Å². The summed E-state index contributed by atoms with van der Waals surface area (Å²) in [6.07, 6.45) is 38.1. The Morgan fingerprint density at radius 2 is 0.516 bits per heavy atom. The Balaban J connectivity index is 1.95.